The molecule has 1 fully saturated rings. The minimum Gasteiger partial charge on any atom is -0.446 e. The van der Waals surface area contributed by atoms with Crippen molar-refractivity contribution in [1.29, 1.82) is 0 Å². The van der Waals surface area contributed by atoms with Crippen LogP contribution in [0.1, 0.15) is 12.8 Å². The lowest BCUT2D eigenvalue weighted by Crippen LogP contribution is -2.38. The summed E-state index contributed by atoms with van der Waals surface area (Å²) in [5, 5.41) is 11.3. The lowest BCUT2D eigenvalue weighted by molar-refractivity contribution is -0.757. The molecule has 98 valence electrons. The molecule has 0 radical (unpaired) electrons. The summed E-state index contributed by atoms with van der Waals surface area (Å²) < 4.78 is 5.14. The van der Waals surface area contributed by atoms with Crippen LogP contribution in [0.25, 0.3) is 0 Å². The van der Waals surface area contributed by atoms with E-state index in [1.807, 2.05) is 7.05 Å². The zero-order valence-electron chi connectivity index (χ0n) is 9.76. The van der Waals surface area contributed by atoms with Crippen LogP contribution in [0.15, 0.2) is 0 Å². The fraction of sp³-hybridized carbons (Fsp3) is 0.889. The van der Waals surface area contributed by atoms with Crippen LogP contribution >= 0.6 is 0 Å². The summed E-state index contributed by atoms with van der Waals surface area (Å²) in [6, 6.07) is 0. The Bertz CT molecular complexity index is 265. The normalized spacial score (nSPS) is 17.5. The Morgan fingerprint density at radius 2 is 2.18 bits per heavy atom. The van der Waals surface area contributed by atoms with Crippen LogP contribution in [0.5, 0.6) is 0 Å². The summed E-state index contributed by atoms with van der Waals surface area (Å²) >= 11 is 0. The van der Waals surface area contributed by atoms with Gasteiger partial charge in [-0.2, -0.15) is 0 Å². The van der Waals surface area contributed by atoms with Gasteiger partial charge in [0.2, 0.25) is 0 Å². The number of piperidine rings is 1. The molecule has 0 aromatic rings. The topological polar surface area (TPSA) is 93.9 Å². The minimum atomic E-state index is -0.899. The van der Waals surface area contributed by atoms with Gasteiger partial charge < -0.3 is 19.8 Å². The van der Waals surface area contributed by atoms with E-state index < -0.39 is 11.2 Å². The van der Waals surface area contributed by atoms with Crippen molar-refractivity contribution in [2.75, 3.05) is 33.3 Å². The third-order valence-corrected chi connectivity index (χ3v) is 2.51. The summed E-state index contributed by atoms with van der Waals surface area (Å²) in [6.07, 6.45) is 1.01. The third kappa shape index (κ3) is 5.91. The Morgan fingerprint density at radius 3 is 2.76 bits per heavy atom. The number of likely N-dealkylation sites (tertiary alicyclic amines) is 1. The van der Waals surface area contributed by atoms with E-state index in [-0.39, 0.29) is 19.3 Å². The van der Waals surface area contributed by atoms with Crippen molar-refractivity contribution in [3.05, 3.63) is 10.1 Å². The quantitative estimate of drug-likeness (QED) is 0.418. The number of carbonyl (C=O) groups excluding carboxylic acids is 1. The Morgan fingerprint density at radius 1 is 1.53 bits per heavy atom. The van der Waals surface area contributed by atoms with Crippen LogP contribution in [0.3, 0.4) is 0 Å². The van der Waals surface area contributed by atoms with Gasteiger partial charge in [-0.25, -0.2) is 4.79 Å². The molecule has 0 saturated carbocycles. The second kappa shape index (κ2) is 6.89. The summed E-state index contributed by atoms with van der Waals surface area (Å²) in [4.78, 5) is 27.3. The summed E-state index contributed by atoms with van der Waals surface area (Å²) in [5.41, 5.74) is 0. The summed E-state index contributed by atoms with van der Waals surface area (Å²) in [7, 11) is 2.02. The Balaban J connectivity index is 2.06. The number of hydrogen-bond donors (Lipinski definition) is 1. The summed E-state index contributed by atoms with van der Waals surface area (Å²) in [5.74, 6) is 0. The van der Waals surface area contributed by atoms with Gasteiger partial charge in [-0.05, 0) is 19.9 Å². The number of alkyl carbamates (subject to hydrolysis) is 1. The highest BCUT2D eigenvalue weighted by atomic mass is 16.9. The van der Waals surface area contributed by atoms with Gasteiger partial charge in [-0.15, -0.1) is 10.1 Å². The Labute approximate surface area is 99.0 Å². The van der Waals surface area contributed by atoms with Gasteiger partial charge in [-0.1, -0.05) is 0 Å². The van der Waals surface area contributed by atoms with Crippen molar-refractivity contribution < 1.29 is 19.5 Å². The molecule has 0 aromatic carbocycles. The first-order chi connectivity index (χ1) is 8.08. The number of rotatable bonds is 5. The SMILES string of the molecule is CN1CCC(OC(=O)NCCO[N+](=O)[O-])CC1. The standard InChI is InChI=1S/C9H17N3O5/c1-11-5-2-8(3-6-11)17-9(13)10-4-7-16-12(14)15/h8H,2-7H2,1H3,(H,10,13). The van der Waals surface area contributed by atoms with Gasteiger partial charge in [0.25, 0.3) is 5.09 Å². The van der Waals surface area contributed by atoms with Crippen molar-refractivity contribution in [1.82, 2.24) is 10.2 Å². The molecule has 1 aliphatic heterocycles. The average Bonchev–Trinajstić information content (AvgIpc) is 2.27. The van der Waals surface area contributed by atoms with Gasteiger partial charge in [0.15, 0.2) is 0 Å². The molecule has 1 saturated heterocycles. The van der Waals surface area contributed by atoms with Crippen LogP contribution in [-0.4, -0.2) is 55.5 Å². The van der Waals surface area contributed by atoms with Crippen molar-refractivity contribution >= 4 is 6.09 Å². The fourth-order valence-corrected chi connectivity index (χ4v) is 1.57. The maximum absolute atomic E-state index is 11.3. The molecule has 1 rings (SSSR count). The zero-order valence-corrected chi connectivity index (χ0v) is 9.76. The number of ether oxygens (including phenoxy) is 1. The highest BCUT2D eigenvalue weighted by Gasteiger charge is 2.19. The molecule has 1 aliphatic rings. The van der Waals surface area contributed by atoms with Crippen LogP contribution in [0, 0.1) is 10.1 Å². The highest BCUT2D eigenvalue weighted by Crippen LogP contribution is 2.11. The molecule has 1 amide bonds. The van der Waals surface area contributed by atoms with Gasteiger partial charge in [0, 0.05) is 19.6 Å². The highest BCUT2D eigenvalue weighted by molar-refractivity contribution is 5.67. The number of nitrogens with one attached hydrogen (secondary N) is 1. The van der Waals surface area contributed by atoms with E-state index >= 15 is 0 Å². The largest absolute Gasteiger partial charge is 0.446 e. The summed E-state index contributed by atoms with van der Waals surface area (Å²) in [6.45, 7) is 1.70. The first-order valence-electron chi connectivity index (χ1n) is 5.48. The smallest absolute Gasteiger partial charge is 0.407 e. The third-order valence-electron chi connectivity index (χ3n) is 2.51. The predicted molar refractivity (Wildman–Crippen MR) is 57.9 cm³/mol. The fourth-order valence-electron chi connectivity index (χ4n) is 1.57. The first-order valence-corrected chi connectivity index (χ1v) is 5.48. The van der Waals surface area contributed by atoms with E-state index in [1.165, 1.54) is 0 Å². The van der Waals surface area contributed by atoms with E-state index in [0.717, 1.165) is 25.9 Å². The van der Waals surface area contributed by atoms with Crippen LogP contribution in [0.4, 0.5) is 4.79 Å². The molecule has 0 bridgehead atoms. The van der Waals surface area contributed by atoms with E-state index in [9.17, 15) is 14.9 Å². The van der Waals surface area contributed by atoms with Crippen LogP contribution in [-0.2, 0) is 9.57 Å². The number of carbonyl (C=O) groups is 1. The van der Waals surface area contributed by atoms with Crippen molar-refractivity contribution in [2.24, 2.45) is 0 Å². The molecular formula is C9H17N3O5. The lowest BCUT2D eigenvalue weighted by atomic mass is 10.1. The lowest BCUT2D eigenvalue weighted by Gasteiger charge is -2.28. The number of amides is 1. The van der Waals surface area contributed by atoms with Gasteiger partial charge in [0.05, 0.1) is 0 Å². The molecule has 1 N–H and O–H groups in total. The molecule has 0 aliphatic carbocycles. The average molecular weight is 247 g/mol. The second-order valence-electron chi connectivity index (χ2n) is 3.89. The van der Waals surface area contributed by atoms with Crippen molar-refractivity contribution in [3.63, 3.8) is 0 Å². The number of hydrogen-bond acceptors (Lipinski definition) is 6. The molecule has 8 heteroatoms. The van der Waals surface area contributed by atoms with E-state index in [2.05, 4.69) is 15.1 Å². The van der Waals surface area contributed by atoms with Gasteiger partial charge in [-0.3, -0.25) is 0 Å². The molecular weight excluding hydrogens is 230 g/mol. The maximum Gasteiger partial charge on any atom is 0.407 e. The molecule has 8 nitrogen and oxygen atoms in total. The van der Waals surface area contributed by atoms with Crippen molar-refractivity contribution in [2.45, 2.75) is 18.9 Å². The molecule has 17 heavy (non-hydrogen) atoms. The van der Waals surface area contributed by atoms with Crippen LogP contribution in [0.2, 0.25) is 0 Å². The maximum atomic E-state index is 11.3. The van der Waals surface area contributed by atoms with E-state index in [1.54, 1.807) is 0 Å². The second-order valence-corrected chi connectivity index (χ2v) is 3.89. The van der Waals surface area contributed by atoms with E-state index in [0.29, 0.717) is 0 Å². The van der Waals surface area contributed by atoms with E-state index in [4.69, 9.17) is 4.74 Å². The minimum absolute atomic E-state index is 0.0619. The monoisotopic (exact) mass is 247 g/mol. The number of nitrogens with zero attached hydrogens (tertiary/aromatic N) is 2. The van der Waals surface area contributed by atoms with Gasteiger partial charge in [0.1, 0.15) is 12.7 Å². The molecule has 1 heterocycles. The van der Waals surface area contributed by atoms with Crippen LogP contribution < -0.4 is 5.32 Å². The van der Waals surface area contributed by atoms with Crippen molar-refractivity contribution in [3.8, 4) is 0 Å². The van der Waals surface area contributed by atoms with Gasteiger partial charge >= 0.3 is 6.09 Å². The molecule has 0 aromatic heterocycles. The molecule has 0 spiro atoms. The zero-order chi connectivity index (χ0) is 12.7. The predicted octanol–water partition coefficient (Wildman–Crippen LogP) is 0.0151. The first kappa shape index (κ1) is 13.5. The molecule has 0 atom stereocenters. The molecule has 0 unspecified atom stereocenters. The Hall–Kier alpha value is -1.57. The Kier molecular flexibility index (Phi) is 5.47.